The predicted octanol–water partition coefficient (Wildman–Crippen LogP) is 2.20. The molecule has 0 bridgehead atoms. The number of nitrogens with one attached hydrogen (secondary N) is 3. The van der Waals surface area contributed by atoms with Gasteiger partial charge in [0.1, 0.15) is 0 Å². The molecule has 1 saturated heterocycles. The molecule has 0 aliphatic carbocycles. The van der Waals surface area contributed by atoms with Crippen molar-refractivity contribution < 1.29 is 4.79 Å². The van der Waals surface area contributed by atoms with Crippen LogP contribution in [0, 0.1) is 0 Å². The summed E-state index contributed by atoms with van der Waals surface area (Å²) < 4.78 is 0. The maximum Gasteiger partial charge on any atom is 0.319 e. The Labute approximate surface area is 129 Å². The smallest absolute Gasteiger partial charge is 0.319 e. The minimum absolute atomic E-state index is 0.173. The summed E-state index contributed by atoms with van der Waals surface area (Å²) in [6, 6.07) is 10.5. The molecule has 1 unspecified atom stereocenters. The minimum Gasteiger partial charge on any atom is -0.334 e. The number of aromatic nitrogens is 2. The van der Waals surface area contributed by atoms with Gasteiger partial charge in [-0.2, -0.15) is 5.10 Å². The van der Waals surface area contributed by atoms with Gasteiger partial charge in [-0.25, -0.2) is 4.79 Å². The van der Waals surface area contributed by atoms with Gasteiger partial charge in [0.2, 0.25) is 0 Å². The van der Waals surface area contributed by atoms with Crippen molar-refractivity contribution in [2.24, 2.45) is 0 Å². The fourth-order valence-electron chi connectivity index (χ4n) is 2.83. The first-order valence-electron chi connectivity index (χ1n) is 7.62. The second-order valence-corrected chi connectivity index (χ2v) is 5.65. The number of likely N-dealkylation sites (tertiary alicyclic amines) is 1. The molecule has 3 N–H and O–H groups in total. The van der Waals surface area contributed by atoms with Crippen LogP contribution in [0.15, 0.2) is 42.7 Å². The van der Waals surface area contributed by atoms with Crippen LogP contribution in [0.25, 0.3) is 0 Å². The van der Waals surface area contributed by atoms with E-state index in [0.717, 1.165) is 32.5 Å². The number of carbonyl (C=O) groups excluding carboxylic acids is 1. The molecule has 2 amide bonds. The molecule has 2 aromatic rings. The Morgan fingerprint density at radius 2 is 2.23 bits per heavy atom. The van der Waals surface area contributed by atoms with Crippen molar-refractivity contribution in [1.82, 2.24) is 20.4 Å². The van der Waals surface area contributed by atoms with Crippen LogP contribution in [0.2, 0.25) is 0 Å². The number of anilines is 1. The maximum absolute atomic E-state index is 12.0. The van der Waals surface area contributed by atoms with Gasteiger partial charge in [-0.1, -0.05) is 30.3 Å². The first kappa shape index (κ1) is 14.6. The number of piperidine rings is 1. The topological polar surface area (TPSA) is 73.0 Å². The van der Waals surface area contributed by atoms with Crippen LogP contribution in [-0.4, -0.2) is 40.3 Å². The molecule has 22 heavy (non-hydrogen) atoms. The monoisotopic (exact) mass is 299 g/mol. The van der Waals surface area contributed by atoms with Crippen LogP contribution < -0.4 is 10.6 Å². The summed E-state index contributed by atoms with van der Waals surface area (Å²) in [5, 5.41) is 12.3. The molecule has 1 atom stereocenters. The Bertz CT molecular complexity index is 584. The molecular formula is C16H21N5O. The maximum atomic E-state index is 12.0. The zero-order valence-corrected chi connectivity index (χ0v) is 12.5. The number of hydrogen-bond acceptors (Lipinski definition) is 3. The van der Waals surface area contributed by atoms with Crippen molar-refractivity contribution in [2.45, 2.75) is 25.4 Å². The lowest BCUT2D eigenvalue weighted by atomic mass is 10.0. The van der Waals surface area contributed by atoms with Crippen LogP contribution in [0.4, 0.5) is 10.5 Å². The van der Waals surface area contributed by atoms with E-state index in [-0.39, 0.29) is 12.1 Å². The summed E-state index contributed by atoms with van der Waals surface area (Å²) in [6.07, 6.45) is 5.36. The van der Waals surface area contributed by atoms with E-state index in [9.17, 15) is 4.79 Å². The van der Waals surface area contributed by atoms with Crippen LogP contribution >= 0.6 is 0 Å². The predicted molar refractivity (Wildman–Crippen MR) is 85.5 cm³/mol. The third-order valence-corrected chi connectivity index (χ3v) is 3.85. The highest BCUT2D eigenvalue weighted by Gasteiger charge is 2.21. The molecule has 2 heterocycles. The molecule has 1 aromatic heterocycles. The molecule has 1 aliphatic rings. The fraction of sp³-hybridized carbons (Fsp3) is 0.375. The third kappa shape index (κ3) is 4.08. The molecular weight excluding hydrogens is 278 g/mol. The van der Waals surface area contributed by atoms with Crippen molar-refractivity contribution in [2.75, 3.05) is 18.4 Å². The molecule has 1 fully saturated rings. The molecule has 6 heteroatoms. The number of nitrogens with zero attached hydrogens (tertiary/aromatic N) is 2. The second kappa shape index (κ2) is 7.09. The zero-order valence-electron chi connectivity index (χ0n) is 12.5. The Hall–Kier alpha value is -2.34. The normalized spacial score (nSPS) is 18.8. The molecule has 0 saturated carbocycles. The van der Waals surface area contributed by atoms with Gasteiger partial charge in [0.15, 0.2) is 0 Å². The second-order valence-electron chi connectivity index (χ2n) is 5.65. The van der Waals surface area contributed by atoms with E-state index in [1.54, 1.807) is 12.4 Å². The van der Waals surface area contributed by atoms with Gasteiger partial charge in [0, 0.05) is 25.3 Å². The fourth-order valence-corrected chi connectivity index (χ4v) is 2.83. The first-order valence-corrected chi connectivity index (χ1v) is 7.62. The Morgan fingerprint density at radius 1 is 1.36 bits per heavy atom. The van der Waals surface area contributed by atoms with Crippen molar-refractivity contribution in [3.05, 3.63) is 48.3 Å². The van der Waals surface area contributed by atoms with Crippen LogP contribution in [0.5, 0.6) is 0 Å². The first-order chi connectivity index (χ1) is 10.8. The minimum atomic E-state index is -0.173. The number of urea groups is 1. The van der Waals surface area contributed by atoms with Crippen molar-refractivity contribution in [3.63, 3.8) is 0 Å². The van der Waals surface area contributed by atoms with Gasteiger partial charge in [-0.3, -0.25) is 10.00 Å². The molecule has 0 spiro atoms. The average Bonchev–Trinajstić information content (AvgIpc) is 3.01. The summed E-state index contributed by atoms with van der Waals surface area (Å²) in [4.78, 5) is 14.4. The van der Waals surface area contributed by atoms with Gasteiger partial charge in [0.25, 0.3) is 0 Å². The number of H-pyrrole nitrogens is 1. The lowest BCUT2D eigenvalue weighted by Gasteiger charge is -2.33. The molecule has 1 aliphatic heterocycles. The van der Waals surface area contributed by atoms with Gasteiger partial charge in [-0.15, -0.1) is 0 Å². The Balaban J connectivity index is 1.49. The number of amides is 2. The highest BCUT2D eigenvalue weighted by atomic mass is 16.2. The third-order valence-electron chi connectivity index (χ3n) is 3.85. The summed E-state index contributed by atoms with van der Waals surface area (Å²) in [5.41, 5.74) is 1.99. The highest BCUT2D eigenvalue weighted by molar-refractivity contribution is 5.89. The quantitative estimate of drug-likeness (QED) is 0.810. The van der Waals surface area contributed by atoms with Crippen LogP contribution in [0.1, 0.15) is 18.4 Å². The van der Waals surface area contributed by atoms with E-state index in [0.29, 0.717) is 5.69 Å². The van der Waals surface area contributed by atoms with Gasteiger partial charge < -0.3 is 10.6 Å². The highest BCUT2D eigenvalue weighted by Crippen LogP contribution is 2.14. The largest absolute Gasteiger partial charge is 0.334 e. The number of carbonyl (C=O) groups is 1. The SMILES string of the molecule is O=C(Nc1cn[nH]c1)NC1CCCN(Cc2ccccc2)C1. The van der Waals surface area contributed by atoms with Crippen LogP contribution in [-0.2, 0) is 6.54 Å². The van der Waals surface area contributed by atoms with Crippen molar-refractivity contribution in [1.29, 1.82) is 0 Å². The van der Waals surface area contributed by atoms with Crippen molar-refractivity contribution in [3.8, 4) is 0 Å². The number of benzene rings is 1. The van der Waals surface area contributed by atoms with Gasteiger partial charge >= 0.3 is 6.03 Å². The summed E-state index contributed by atoms with van der Waals surface area (Å²) in [7, 11) is 0. The van der Waals surface area contributed by atoms with E-state index in [1.165, 1.54) is 5.56 Å². The van der Waals surface area contributed by atoms with E-state index in [1.807, 2.05) is 6.07 Å². The van der Waals surface area contributed by atoms with Gasteiger partial charge in [-0.05, 0) is 24.9 Å². The summed E-state index contributed by atoms with van der Waals surface area (Å²) in [5.74, 6) is 0. The number of rotatable bonds is 4. The summed E-state index contributed by atoms with van der Waals surface area (Å²) >= 11 is 0. The Morgan fingerprint density at radius 3 is 3.00 bits per heavy atom. The lowest BCUT2D eigenvalue weighted by molar-refractivity contribution is 0.183. The number of aromatic amines is 1. The van der Waals surface area contributed by atoms with Crippen molar-refractivity contribution >= 4 is 11.7 Å². The molecule has 3 rings (SSSR count). The zero-order chi connectivity index (χ0) is 15.2. The molecule has 0 radical (unpaired) electrons. The molecule has 6 nitrogen and oxygen atoms in total. The molecule has 116 valence electrons. The summed E-state index contributed by atoms with van der Waals surface area (Å²) in [6.45, 7) is 2.90. The standard InChI is InChI=1S/C16H21N5O/c22-16(20-15-9-17-18-10-15)19-14-7-4-8-21(12-14)11-13-5-2-1-3-6-13/h1-3,5-6,9-10,14H,4,7-8,11-12H2,(H,17,18)(H2,19,20,22). The number of hydrogen-bond donors (Lipinski definition) is 3. The van der Waals surface area contributed by atoms with E-state index in [2.05, 4.69) is 50.0 Å². The van der Waals surface area contributed by atoms with E-state index < -0.39 is 0 Å². The Kier molecular flexibility index (Phi) is 4.70. The molecule has 1 aromatic carbocycles. The van der Waals surface area contributed by atoms with Crippen LogP contribution in [0.3, 0.4) is 0 Å². The lowest BCUT2D eigenvalue weighted by Crippen LogP contribution is -2.48. The van der Waals surface area contributed by atoms with Gasteiger partial charge in [0.05, 0.1) is 11.9 Å². The average molecular weight is 299 g/mol. The van der Waals surface area contributed by atoms with E-state index >= 15 is 0 Å². The van der Waals surface area contributed by atoms with E-state index in [4.69, 9.17) is 0 Å².